The molecule has 1 saturated heterocycles. The zero-order valence-corrected chi connectivity index (χ0v) is 16.8. The predicted molar refractivity (Wildman–Crippen MR) is 113 cm³/mol. The van der Waals surface area contributed by atoms with Crippen LogP contribution in [0.15, 0.2) is 54.6 Å². The summed E-state index contributed by atoms with van der Waals surface area (Å²) >= 11 is 1.34. The topological polar surface area (TPSA) is 79.6 Å². The van der Waals surface area contributed by atoms with Crippen molar-refractivity contribution in [3.63, 3.8) is 0 Å². The largest absolute Gasteiger partial charge is 0.335 e. The Morgan fingerprint density at radius 3 is 2.41 bits per heavy atom. The fraction of sp³-hybridized carbons (Fsp3) is 0.238. The molecule has 1 aliphatic rings. The third-order valence-electron chi connectivity index (χ3n) is 4.96. The average molecular weight is 408 g/mol. The van der Waals surface area contributed by atoms with E-state index in [-0.39, 0.29) is 11.6 Å². The maximum absolute atomic E-state index is 13.3. The lowest BCUT2D eigenvalue weighted by Gasteiger charge is -2.32. The van der Waals surface area contributed by atoms with Crippen LogP contribution in [0.25, 0.3) is 21.8 Å². The van der Waals surface area contributed by atoms with Gasteiger partial charge in [0.05, 0.1) is 10.6 Å². The first kappa shape index (κ1) is 19.2. The van der Waals surface area contributed by atoms with E-state index < -0.39 is 4.92 Å². The molecule has 0 atom stereocenters. The fourth-order valence-electron chi connectivity index (χ4n) is 3.28. The maximum Gasteiger partial charge on any atom is 0.270 e. The van der Waals surface area contributed by atoms with Crippen LogP contribution in [0.4, 0.5) is 5.69 Å². The number of nitro groups is 1. The molecule has 2 aromatic carbocycles. The number of thiazole rings is 1. The molecule has 7 nitrogen and oxygen atoms in total. The van der Waals surface area contributed by atoms with E-state index in [0.717, 1.165) is 23.7 Å². The molecule has 4 rings (SSSR count). The minimum Gasteiger partial charge on any atom is -0.335 e. The van der Waals surface area contributed by atoms with Gasteiger partial charge in [0.2, 0.25) is 0 Å². The summed E-state index contributed by atoms with van der Waals surface area (Å²) in [5.41, 5.74) is 1.98. The van der Waals surface area contributed by atoms with Gasteiger partial charge in [-0.15, -0.1) is 11.3 Å². The fourth-order valence-corrected chi connectivity index (χ4v) is 4.35. The highest BCUT2D eigenvalue weighted by molar-refractivity contribution is 7.17. The lowest BCUT2D eigenvalue weighted by Crippen LogP contribution is -2.47. The number of piperazine rings is 1. The number of carbonyl (C=O) groups is 1. The third-order valence-corrected chi connectivity index (χ3v) is 6.06. The number of aromatic nitrogens is 1. The summed E-state index contributed by atoms with van der Waals surface area (Å²) < 4.78 is 0. The molecular weight excluding hydrogens is 388 g/mol. The van der Waals surface area contributed by atoms with Gasteiger partial charge in [0.15, 0.2) is 0 Å². The third kappa shape index (κ3) is 4.03. The van der Waals surface area contributed by atoms with Crippen molar-refractivity contribution in [1.82, 2.24) is 14.8 Å². The zero-order valence-electron chi connectivity index (χ0n) is 15.9. The SMILES string of the molecule is CN1CCN(C(=O)c2sc(-c3ccccc3)nc2-c2cccc([N+](=O)[O-])c2)CC1. The molecule has 0 bridgehead atoms. The Bertz CT molecular complexity index is 1040. The molecule has 8 heteroatoms. The Labute approximate surface area is 172 Å². The minimum absolute atomic E-state index is 0.0187. The molecule has 2 heterocycles. The van der Waals surface area contributed by atoms with Crippen LogP contribution in [0.5, 0.6) is 0 Å². The van der Waals surface area contributed by atoms with Gasteiger partial charge in [0.1, 0.15) is 9.88 Å². The van der Waals surface area contributed by atoms with E-state index in [9.17, 15) is 14.9 Å². The summed E-state index contributed by atoms with van der Waals surface area (Å²) in [5, 5.41) is 11.9. The summed E-state index contributed by atoms with van der Waals surface area (Å²) in [5.74, 6) is -0.0701. The number of benzene rings is 2. The van der Waals surface area contributed by atoms with Gasteiger partial charge in [0.25, 0.3) is 11.6 Å². The van der Waals surface area contributed by atoms with Crippen molar-refractivity contribution in [2.24, 2.45) is 0 Å². The highest BCUT2D eigenvalue weighted by atomic mass is 32.1. The highest BCUT2D eigenvalue weighted by Gasteiger charge is 2.27. The van der Waals surface area contributed by atoms with Crippen LogP contribution in [0, 0.1) is 10.1 Å². The maximum atomic E-state index is 13.3. The number of hydrogen-bond acceptors (Lipinski definition) is 6. The standard InChI is InChI=1S/C21H20N4O3S/c1-23-10-12-24(13-11-23)21(26)19-18(16-8-5-9-17(14-16)25(27)28)22-20(29-19)15-6-3-2-4-7-15/h2-9,14H,10-13H2,1H3. The van der Waals surface area contributed by atoms with E-state index in [1.54, 1.807) is 12.1 Å². The van der Waals surface area contributed by atoms with Crippen LogP contribution in [-0.4, -0.2) is 58.8 Å². The second-order valence-corrected chi connectivity index (χ2v) is 7.96. The molecule has 0 spiro atoms. The first-order chi connectivity index (χ1) is 14.0. The van der Waals surface area contributed by atoms with Gasteiger partial charge in [-0.25, -0.2) is 4.98 Å². The van der Waals surface area contributed by atoms with E-state index in [4.69, 9.17) is 4.98 Å². The second kappa shape index (κ2) is 8.10. The van der Waals surface area contributed by atoms with Crippen molar-refractivity contribution < 1.29 is 9.72 Å². The zero-order chi connectivity index (χ0) is 20.4. The Morgan fingerprint density at radius 2 is 1.72 bits per heavy atom. The first-order valence-electron chi connectivity index (χ1n) is 9.32. The molecule has 0 saturated carbocycles. The summed E-state index contributed by atoms with van der Waals surface area (Å²) in [6.07, 6.45) is 0. The minimum atomic E-state index is -0.435. The van der Waals surface area contributed by atoms with Crippen LogP contribution < -0.4 is 0 Å². The first-order valence-corrected chi connectivity index (χ1v) is 10.1. The lowest BCUT2D eigenvalue weighted by atomic mass is 10.1. The molecule has 0 unspecified atom stereocenters. The molecule has 148 valence electrons. The van der Waals surface area contributed by atoms with Gasteiger partial charge in [-0.3, -0.25) is 14.9 Å². The number of nitrogens with zero attached hydrogens (tertiary/aromatic N) is 4. The Balaban J connectivity index is 1.78. The molecule has 3 aromatic rings. The number of rotatable bonds is 4. The predicted octanol–water partition coefficient (Wildman–Crippen LogP) is 3.77. The summed E-state index contributed by atoms with van der Waals surface area (Å²) in [7, 11) is 2.04. The van der Waals surface area contributed by atoms with E-state index in [2.05, 4.69) is 4.90 Å². The van der Waals surface area contributed by atoms with Crippen LogP contribution >= 0.6 is 11.3 Å². The van der Waals surface area contributed by atoms with Crippen molar-refractivity contribution in [2.75, 3.05) is 33.2 Å². The van der Waals surface area contributed by atoms with Crippen molar-refractivity contribution in [3.05, 3.63) is 69.6 Å². The lowest BCUT2D eigenvalue weighted by molar-refractivity contribution is -0.384. The monoisotopic (exact) mass is 408 g/mol. The molecule has 29 heavy (non-hydrogen) atoms. The molecule has 1 aromatic heterocycles. The number of nitro benzene ring substituents is 1. The van der Waals surface area contributed by atoms with Crippen LogP contribution in [0.3, 0.4) is 0 Å². The van der Waals surface area contributed by atoms with Gasteiger partial charge in [-0.05, 0) is 7.05 Å². The molecule has 1 aliphatic heterocycles. The molecule has 1 fully saturated rings. The van der Waals surface area contributed by atoms with Gasteiger partial charge in [0, 0.05) is 49.4 Å². The number of likely N-dealkylation sites (N-methyl/N-ethyl adjacent to an activating group) is 1. The van der Waals surface area contributed by atoms with Crippen LogP contribution in [0.2, 0.25) is 0 Å². The number of carbonyl (C=O) groups excluding carboxylic acids is 1. The number of hydrogen-bond donors (Lipinski definition) is 0. The molecular formula is C21H20N4O3S. The van der Waals surface area contributed by atoms with E-state index in [1.807, 2.05) is 42.3 Å². The molecule has 1 amide bonds. The van der Waals surface area contributed by atoms with E-state index in [1.165, 1.54) is 23.5 Å². The molecule has 0 radical (unpaired) electrons. The van der Waals surface area contributed by atoms with Gasteiger partial charge in [-0.1, -0.05) is 42.5 Å². The number of amides is 1. The van der Waals surface area contributed by atoms with Gasteiger partial charge >= 0.3 is 0 Å². The quantitative estimate of drug-likeness (QED) is 0.485. The molecule has 0 N–H and O–H groups in total. The Kier molecular flexibility index (Phi) is 5.37. The van der Waals surface area contributed by atoms with Crippen LogP contribution in [-0.2, 0) is 0 Å². The van der Waals surface area contributed by atoms with Gasteiger partial charge < -0.3 is 9.80 Å². The molecule has 0 aliphatic carbocycles. The van der Waals surface area contributed by atoms with Crippen molar-refractivity contribution >= 4 is 22.9 Å². The van der Waals surface area contributed by atoms with Crippen LogP contribution in [0.1, 0.15) is 9.67 Å². The highest BCUT2D eigenvalue weighted by Crippen LogP contribution is 2.36. The second-order valence-electron chi connectivity index (χ2n) is 6.97. The van der Waals surface area contributed by atoms with Crippen molar-refractivity contribution in [1.29, 1.82) is 0 Å². The summed E-state index contributed by atoms with van der Waals surface area (Å²) in [6, 6.07) is 16.0. The average Bonchev–Trinajstić information content (AvgIpc) is 3.20. The van der Waals surface area contributed by atoms with Crippen molar-refractivity contribution in [2.45, 2.75) is 0 Å². The smallest absolute Gasteiger partial charge is 0.270 e. The number of non-ortho nitro benzene ring substituents is 1. The Hall–Kier alpha value is -3.10. The van der Waals surface area contributed by atoms with E-state index >= 15 is 0 Å². The Morgan fingerprint density at radius 1 is 1.03 bits per heavy atom. The summed E-state index contributed by atoms with van der Waals surface area (Å²) in [4.78, 5) is 33.4. The summed E-state index contributed by atoms with van der Waals surface area (Å²) in [6.45, 7) is 2.95. The van der Waals surface area contributed by atoms with Crippen molar-refractivity contribution in [3.8, 4) is 21.8 Å². The van der Waals surface area contributed by atoms with E-state index in [0.29, 0.717) is 29.2 Å². The van der Waals surface area contributed by atoms with Gasteiger partial charge in [-0.2, -0.15) is 0 Å². The normalized spacial score (nSPS) is 14.7.